The summed E-state index contributed by atoms with van der Waals surface area (Å²) in [5.41, 5.74) is 0.614. The van der Waals surface area contributed by atoms with E-state index in [9.17, 15) is 19.2 Å². The van der Waals surface area contributed by atoms with E-state index in [0.29, 0.717) is 31.6 Å². The number of fused-ring (bicyclic) bond motifs is 5. The zero-order valence-electron chi connectivity index (χ0n) is 28.3. The highest BCUT2D eigenvalue weighted by Gasteiger charge is 2.72. The number of ether oxygens (including phenoxy) is 4. The van der Waals surface area contributed by atoms with Crippen LogP contribution in [0.15, 0.2) is 23.0 Å². The fourth-order valence-corrected chi connectivity index (χ4v) is 11.1. The second-order valence-electron chi connectivity index (χ2n) is 15.8. The lowest BCUT2D eigenvalue weighted by molar-refractivity contribution is -0.262. The van der Waals surface area contributed by atoms with E-state index < -0.39 is 34.6 Å². The van der Waals surface area contributed by atoms with Crippen LogP contribution < -0.4 is 0 Å². The van der Waals surface area contributed by atoms with Gasteiger partial charge in [0.25, 0.3) is 0 Å². The monoisotopic (exact) mass is 612 g/mol. The molecule has 5 aliphatic rings. The van der Waals surface area contributed by atoms with Crippen LogP contribution in [-0.2, 0) is 38.1 Å². The number of carbonyl (C=O) groups excluding carboxylic acids is 4. The van der Waals surface area contributed by atoms with E-state index >= 15 is 0 Å². The van der Waals surface area contributed by atoms with Gasteiger partial charge in [0, 0.05) is 55.8 Å². The first-order valence-corrected chi connectivity index (χ1v) is 16.4. The van der Waals surface area contributed by atoms with Crippen LogP contribution in [0.1, 0.15) is 108 Å². The molecular formula is C36H52O8. The Morgan fingerprint density at radius 3 is 1.98 bits per heavy atom. The molecule has 5 rings (SSSR count). The van der Waals surface area contributed by atoms with E-state index in [1.165, 1.54) is 26.3 Å². The van der Waals surface area contributed by atoms with Crippen molar-refractivity contribution in [1.29, 1.82) is 0 Å². The number of carbonyl (C=O) groups is 4. The quantitative estimate of drug-likeness (QED) is 0.153. The van der Waals surface area contributed by atoms with Crippen LogP contribution in [0.3, 0.4) is 0 Å². The molecule has 0 spiro atoms. The largest absolute Gasteiger partial charge is 0.490 e. The average Bonchev–Trinajstić information content (AvgIpc) is 3.25. The van der Waals surface area contributed by atoms with Crippen LogP contribution in [-0.4, -0.2) is 48.6 Å². The highest BCUT2D eigenvalue weighted by molar-refractivity contribution is 5.94. The lowest BCUT2D eigenvalue weighted by atomic mass is 9.36. The molecule has 3 saturated carbocycles. The third-order valence-electron chi connectivity index (χ3n) is 12.8. The molecule has 0 aromatic rings. The van der Waals surface area contributed by atoms with Crippen LogP contribution in [0.25, 0.3) is 0 Å². The van der Waals surface area contributed by atoms with Crippen molar-refractivity contribution in [3.05, 3.63) is 23.0 Å². The molecule has 1 heterocycles. The van der Waals surface area contributed by atoms with Gasteiger partial charge in [-0.05, 0) is 68.3 Å². The van der Waals surface area contributed by atoms with Crippen LogP contribution in [0.4, 0.5) is 0 Å². The highest BCUT2D eigenvalue weighted by atomic mass is 16.6. The molecule has 0 radical (unpaired) electrons. The molecular weight excluding hydrogens is 560 g/mol. The summed E-state index contributed by atoms with van der Waals surface area (Å²) in [6, 6.07) is 0. The molecule has 244 valence electrons. The van der Waals surface area contributed by atoms with Gasteiger partial charge in [-0.25, -0.2) is 0 Å². The van der Waals surface area contributed by atoms with Crippen molar-refractivity contribution in [2.24, 2.45) is 45.3 Å². The number of esters is 3. The fourth-order valence-electron chi connectivity index (χ4n) is 11.1. The predicted molar refractivity (Wildman–Crippen MR) is 164 cm³/mol. The summed E-state index contributed by atoms with van der Waals surface area (Å²) >= 11 is 0. The molecule has 4 aliphatic carbocycles. The Morgan fingerprint density at radius 2 is 1.41 bits per heavy atom. The van der Waals surface area contributed by atoms with Crippen LogP contribution in [0, 0.1) is 45.3 Å². The average molecular weight is 613 g/mol. The minimum Gasteiger partial charge on any atom is -0.490 e. The number of allylic oxidation sites excluding steroid dienone is 3. The van der Waals surface area contributed by atoms with E-state index in [2.05, 4.69) is 40.7 Å². The number of hydrogen-bond acceptors (Lipinski definition) is 8. The molecule has 8 nitrogen and oxygen atoms in total. The van der Waals surface area contributed by atoms with E-state index in [-0.39, 0.29) is 52.8 Å². The number of rotatable bonds is 4. The molecule has 1 saturated heterocycles. The highest BCUT2D eigenvalue weighted by Crippen LogP contribution is 2.74. The van der Waals surface area contributed by atoms with Crippen molar-refractivity contribution in [1.82, 2.24) is 0 Å². The number of hydrogen-bond donors (Lipinski definition) is 0. The predicted octanol–water partition coefficient (Wildman–Crippen LogP) is 6.51. The number of Topliss-reactive ketones (excluding diaryl/α,β-unsaturated/α-hetero) is 1. The minimum atomic E-state index is -0.508. The Labute approximate surface area is 262 Å². The van der Waals surface area contributed by atoms with Gasteiger partial charge < -0.3 is 18.9 Å². The van der Waals surface area contributed by atoms with Gasteiger partial charge >= 0.3 is 17.9 Å². The molecule has 4 fully saturated rings. The Morgan fingerprint density at radius 1 is 0.818 bits per heavy atom. The van der Waals surface area contributed by atoms with E-state index in [0.717, 1.165) is 24.8 Å². The molecule has 0 aromatic carbocycles. The Bertz CT molecular complexity index is 1300. The smallest absolute Gasteiger partial charge is 0.302 e. The van der Waals surface area contributed by atoms with Gasteiger partial charge in [-0.15, -0.1) is 0 Å². The van der Waals surface area contributed by atoms with Crippen molar-refractivity contribution >= 4 is 23.7 Å². The maximum atomic E-state index is 13.1. The van der Waals surface area contributed by atoms with Crippen molar-refractivity contribution in [3.63, 3.8) is 0 Å². The summed E-state index contributed by atoms with van der Waals surface area (Å²) in [4.78, 5) is 50.6. The summed E-state index contributed by atoms with van der Waals surface area (Å²) in [5, 5.41) is 0. The third kappa shape index (κ3) is 4.84. The van der Waals surface area contributed by atoms with Crippen LogP contribution >= 0.6 is 0 Å². The van der Waals surface area contributed by atoms with Gasteiger partial charge in [0.15, 0.2) is 11.5 Å². The molecule has 0 aromatic heterocycles. The first-order chi connectivity index (χ1) is 20.4. The van der Waals surface area contributed by atoms with Crippen molar-refractivity contribution in [2.45, 2.75) is 126 Å². The first kappa shape index (κ1) is 32.7. The lowest BCUT2D eigenvalue weighted by Gasteiger charge is -2.70. The standard InChI is InChI=1S/C36H52O8/c1-19(2)32-25(40)15-23(18-41-32)24-11-12-26-34(24,8)14-13-27-35(26,9)30(43-21(4)38)16-28-33(6,7)29(42-20(3)37)17-31(36(27,28)10)44-22(5)39/h12,23-24,27-31H,11,13-18H2,1-10H3/t23-,24-,27+,28-,29+,30+,31-,34-,35-,36+/m0/s1. The fraction of sp³-hybridized carbons (Fsp3) is 0.778. The Balaban J connectivity index is 1.58. The molecule has 10 atom stereocenters. The second kappa shape index (κ2) is 11.0. The van der Waals surface area contributed by atoms with E-state index in [4.69, 9.17) is 18.9 Å². The zero-order valence-corrected chi connectivity index (χ0v) is 28.3. The van der Waals surface area contributed by atoms with Crippen molar-refractivity contribution in [2.75, 3.05) is 6.61 Å². The lowest BCUT2D eigenvalue weighted by Crippen LogP contribution is -2.70. The van der Waals surface area contributed by atoms with Crippen LogP contribution in [0.5, 0.6) is 0 Å². The Hall–Kier alpha value is -2.64. The molecule has 0 N–H and O–H groups in total. The number of ketones is 1. The molecule has 8 heteroatoms. The summed E-state index contributed by atoms with van der Waals surface area (Å²) < 4.78 is 24.4. The molecule has 1 aliphatic heterocycles. The minimum absolute atomic E-state index is 0.0413. The SMILES string of the molecule is CC(=O)O[C@H]1C[C@@H](OC(C)=O)C(C)(C)[C@@H]2C[C@@H](OC(C)=O)[C@@]3(C)C4=CC[C@@H]([C@@H]5COC(=C(C)C)C(=O)C5)[C@]4(C)CC[C@H]3[C@@]12C. The van der Waals surface area contributed by atoms with Gasteiger partial charge in [0.05, 0.1) is 6.61 Å². The second-order valence-corrected chi connectivity index (χ2v) is 15.8. The molecule has 0 bridgehead atoms. The normalized spacial score (nSPS) is 42.5. The van der Waals surface area contributed by atoms with E-state index in [1.807, 2.05) is 13.8 Å². The van der Waals surface area contributed by atoms with Crippen LogP contribution in [0.2, 0.25) is 0 Å². The van der Waals surface area contributed by atoms with Gasteiger partial charge in [0.2, 0.25) is 0 Å². The molecule has 0 amide bonds. The van der Waals surface area contributed by atoms with Crippen molar-refractivity contribution in [3.8, 4) is 0 Å². The maximum Gasteiger partial charge on any atom is 0.302 e. The van der Waals surface area contributed by atoms with Gasteiger partial charge in [-0.2, -0.15) is 0 Å². The van der Waals surface area contributed by atoms with Crippen molar-refractivity contribution < 1.29 is 38.1 Å². The third-order valence-corrected chi connectivity index (χ3v) is 12.8. The topological polar surface area (TPSA) is 105 Å². The van der Waals surface area contributed by atoms with Gasteiger partial charge in [0.1, 0.15) is 18.3 Å². The molecule has 0 unspecified atom stereocenters. The summed E-state index contributed by atoms with van der Waals surface area (Å²) in [5.74, 6) is -0.0894. The first-order valence-electron chi connectivity index (χ1n) is 16.4. The zero-order chi connectivity index (χ0) is 32.6. The van der Waals surface area contributed by atoms with E-state index in [1.54, 1.807) is 0 Å². The van der Waals surface area contributed by atoms with Gasteiger partial charge in [-0.3, -0.25) is 19.2 Å². The van der Waals surface area contributed by atoms with Gasteiger partial charge in [-0.1, -0.05) is 46.3 Å². The summed E-state index contributed by atoms with van der Waals surface area (Å²) in [6.45, 7) is 19.8. The Kier molecular flexibility index (Phi) is 8.19. The summed E-state index contributed by atoms with van der Waals surface area (Å²) in [6.07, 6.45) is 5.17. The maximum absolute atomic E-state index is 13.1. The summed E-state index contributed by atoms with van der Waals surface area (Å²) in [7, 11) is 0. The molecule has 44 heavy (non-hydrogen) atoms.